The topological polar surface area (TPSA) is 58.4 Å². The lowest BCUT2D eigenvalue weighted by Crippen LogP contribution is -2.30. The third kappa shape index (κ3) is 2.38. The summed E-state index contributed by atoms with van der Waals surface area (Å²) in [6.07, 6.45) is 1.98. The first kappa shape index (κ1) is 13.3. The van der Waals surface area contributed by atoms with Crippen molar-refractivity contribution >= 4 is 28.3 Å². The molecule has 0 spiro atoms. The minimum Gasteiger partial charge on any atom is -0.312 e. The van der Waals surface area contributed by atoms with Crippen molar-refractivity contribution in [2.45, 2.75) is 0 Å². The van der Waals surface area contributed by atoms with Crippen LogP contribution in [0.15, 0.2) is 72.9 Å². The largest absolute Gasteiger partial charge is 0.312 e. The Bertz CT molecular complexity index is 992. The van der Waals surface area contributed by atoms with Gasteiger partial charge >= 0.3 is 0 Å². The lowest BCUT2D eigenvalue weighted by Gasteiger charge is -2.11. The van der Waals surface area contributed by atoms with E-state index in [1.807, 2.05) is 65.2 Å². The highest BCUT2D eigenvalue weighted by Gasteiger charge is 2.09. The van der Waals surface area contributed by atoms with Crippen LogP contribution in [0.4, 0.5) is 5.82 Å². The van der Waals surface area contributed by atoms with Crippen molar-refractivity contribution in [3.05, 3.63) is 78.5 Å². The van der Waals surface area contributed by atoms with Gasteiger partial charge < -0.3 is 4.40 Å². The molecule has 23 heavy (non-hydrogen) atoms. The van der Waals surface area contributed by atoms with E-state index in [0.717, 1.165) is 16.6 Å². The first-order chi connectivity index (χ1) is 11.3. The highest BCUT2D eigenvalue weighted by atomic mass is 16.2. The summed E-state index contributed by atoms with van der Waals surface area (Å²) in [4.78, 5) is 16.7. The minimum absolute atomic E-state index is 0.203. The smallest absolute Gasteiger partial charge is 0.269 e. The molecule has 2 aromatic heterocycles. The summed E-state index contributed by atoms with van der Waals surface area (Å²) in [5.41, 5.74) is 8.99. The van der Waals surface area contributed by atoms with Gasteiger partial charge in [0, 0.05) is 11.8 Å². The van der Waals surface area contributed by atoms with Crippen molar-refractivity contribution in [3.8, 4) is 0 Å². The molecule has 0 aliphatic heterocycles. The second-order valence-electron chi connectivity index (χ2n) is 5.16. The standard InChI is InChI=1S/C18H14N4O/c23-18(13-7-2-1-3-8-13)21-20-17-16-11-6-12-22(16)15-10-5-4-9-14(15)19-17/h1-12H,(H,19,20)(H,21,23). The molecule has 0 aliphatic carbocycles. The van der Waals surface area contributed by atoms with Gasteiger partial charge in [0.05, 0.1) is 16.6 Å². The Morgan fingerprint density at radius 1 is 0.870 bits per heavy atom. The van der Waals surface area contributed by atoms with E-state index in [4.69, 9.17) is 0 Å². The third-order valence-corrected chi connectivity index (χ3v) is 3.70. The predicted octanol–water partition coefficient (Wildman–Crippen LogP) is 3.24. The monoisotopic (exact) mass is 302 g/mol. The molecule has 0 aliphatic rings. The predicted molar refractivity (Wildman–Crippen MR) is 90.2 cm³/mol. The number of hydrogen-bond donors (Lipinski definition) is 2. The number of carbonyl (C=O) groups is 1. The second-order valence-corrected chi connectivity index (χ2v) is 5.16. The molecule has 5 heteroatoms. The SMILES string of the molecule is O=C(NNc1nc2ccccc2n2cccc12)c1ccccc1. The number of amides is 1. The number of nitrogens with one attached hydrogen (secondary N) is 2. The van der Waals surface area contributed by atoms with E-state index < -0.39 is 0 Å². The normalized spacial score (nSPS) is 10.8. The molecule has 4 aromatic rings. The summed E-state index contributed by atoms with van der Waals surface area (Å²) in [6, 6.07) is 20.8. The van der Waals surface area contributed by atoms with Gasteiger partial charge in [0.2, 0.25) is 0 Å². The fraction of sp³-hybridized carbons (Fsp3) is 0. The number of fused-ring (bicyclic) bond motifs is 3. The van der Waals surface area contributed by atoms with Gasteiger partial charge in [-0.15, -0.1) is 0 Å². The lowest BCUT2D eigenvalue weighted by atomic mass is 10.2. The number of carbonyl (C=O) groups excluding carboxylic acids is 1. The van der Waals surface area contributed by atoms with Crippen LogP contribution in [0.2, 0.25) is 0 Å². The maximum Gasteiger partial charge on any atom is 0.269 e. The molecule has 2 N–H and O–H groups in total. The zero-order valence-corrected chi connectivity index (χ0v) is 12.2. The summed E-state index contributed by atoms with van der Waals surface area (Å²) in [6.45, 7) is 0. The summed E-state index contributed by atoms with van der Waals surface area (Å²) < 4.78 is 2.04. The van der Waals surface area contributed by atoms with E-state index >= 15 is 0 Å². The van der Waals surface area contributed by atoms with Gasteiger partial charge in [-0.25, -0.2) is 4.98 Å². The molecule has 2 aromatic carbocycles. The Kier molecular flexibility index (Phi) is 3.16. The van der Waals surface area contributed by atoms with Crippen molar-refractivity contribution in [1.82, 2.24) is 14.8 Å². The van der Waals surface area contributed by atoms with Gasteiger partial charge in [-0.1, -0.05) is 30.3 Å². The van der Waals surface area contributed by atoms with E-state index in [1.54, 1.807) is 12.1 Å². The molecule has 0 bridgehead atoms. The van der Waals surface area contributed by atoms with Crippen LogP contribution in [0, 0.1) is 0 Å². The number of rotatable bonds is 3. The summed E-state index contributed by atoms with van der Waals surface area (Å²) in [5.74, 6) is 0.406. The first-order valence-electron chi connectivity index (χ1n) is 7.30. The van der Waals surface area contributed by atoms with Crippen LogP contribution < -0.4 is 10.9 Å². The van der Waals surface area contributed by atoms with E-state index in [0.29, 0.717) is 11.4 Å². The summed E-state index contributed by atoms with van der Waals surface area (Å²) >= 11 is 0. The molecular formula is C18H14N4O. The van der Waals surface area contributed by atoms with Gasteiger partial charge in [-0.3, -0.25) is 15.6 Å². The molecule has 0 atom stereocenters. The Morgan fingerprint density at radius 2 is 1.61 bits per heavy atom. The Balaban J connectivity index is 1.68. The molecule has 0 radical (unpaired) electrons. The molecule has 4 rings (SSSR count). The fourth-order valence-electron chi connectivity index (χ4n) is 2.59. The maximum absolute atomic E-state index is 12.1. The van der Waals surface area contributed by atoms with Crippen LogP contribution in [-0.2, 0) is 0 Å². The van der Waals surface area contributed by atoms with E-state index in [2.05, 4.69) is 15.8 Å². The Morgan fingerprint density at radius 3 is 2.48 bits per heavy atom. The molecule has 0 unspecified atom stereocenters. The molecule has 2 heterocycles. The zero-order chi connectivity index (χ0) is 15.6. The van der Waals surface area contributed by atoms with E-state index in [1.165, 1.54) is 0 Å². The minimum atomic E-state index is -0.203. The lowest BCUT2D eigenvalue weighted by molar-refractivity contribution is 0.0962. The maximum atomic E-state index is 12.1. The quantitative estimate of drug-likeness (QED) is 0.571. The summed E-state index contributed by atoms with van der Waals surface area (Å²) in [5, 5.41) is 0. The van der Waals surface area contributed by atoms with E-state index in [-0.39, 0.29) is 5.91 Å². The number of hydrazine groups is 1. The second kappa shape index (κ2) is 5.46. The zero-order valence-electron chi connectivity index (χ0n) is 12.2. The average Bonchev–Trinajstić information content (AvgIpc) is 3.10. The fourth-order valence-corrected chi connectivity index (χ4v) is 2.59. The van der Waals surface area contributed by atoms with Gasteiger partial charge in [0.15, 0.2) is 5.82 Å². The van der Waals surface area contributed by atoms with Crippen LogP contribution in [-0.4, -0.2) is 15.3 Å². The molecular weight excluding hydrogens is 288 g/mol. The highest BCUT2D eigenvalue weighted by molar-refractivity contribution is 5.95. The van der Waals surface area contributed by atoms with Crippen LogP contribution in [0.1, 0.15) is 10.4 Å². The van der Waals surface area contributed by atoms with Crippen molar-refractivity contribution in [2.24, 2.45) is 0 Å². The average molecular weight is 302 g/mol. The Hall–Kier alpha value is -3.34. The van der Waals surface area contributed by atoms with Crippen LogP contribution in [0.5, 0.6) is 0 Å². The summed E-state index contributed by atoms with van der Waals surface area (Å²) in [7, 11) is 0. The molecule has 0 saturated carbocycles. The van der Waals surface area contributed by atoms with Crippen LogP contribution in [0.25, 0.3) is 16.6 Å². The van der Waals surface area contributed by atoms with Crippen molar-refractivity contribution in [1.29, 1.82) is 0 Å². The van der Waals surface area contributed by atoms with Gasteiger partial charge in [-0.05, 0) is 36.4 Å². The van der Waals surface area contributed by atoms with E-state index in [9.17, 15) is 4.79 Å². The van der Waals surface area contributed by atoms with Crippen molar-refractivity contribution in [3.63, 3.8) is 0 Å². The van der Waals surface area contributed by atoms with Crippen LogP contribution >= 0.6 is 0 Å². The third-order valence-electron chi connectivity index (χ3n) is 3.70. The number of hydrogen-bond acceptors (Lipinski definition) is 3. The Labute approximate surface area is 132 Å². The number of nitrogens with zero attached hydrogens (tertiary/aromatic N) is 2. The number of anilines is 1. The molecule has 5 nitrogen and oxygen atoms in total. The van der Waals surface area contributed by atoms with Gasteiger partial charge in [0.25, 0.3) is 5.91 Å². The molecule has 0 saturated heterocycles. The van der Waals surface area contributed by atoms with Crippen molar-refractivity contribution < 1.29 is 4.79 Å². The number of aromatic nitrogens is 2. The van der Waals surface area contributed by atoms with Gasteiger partial charge in [0.1, 0.15) is 0 Å². The van der Waals surface area contributed by atoms with Crippen LogP contribution in [0.3, 0.4) is 0 Å². The molecule has 112 valence electrons. The van der Waals surface area contributed by atoms with Crippen molar-refractivity contribution in [2.75, 3.05) is 5.43 Å². The first-order valence-corrected chi connectivity index (χ1v) is 7.30. The molecule has 1 amide bonds. The van der Waals surface area contributed by atoms with Gasteiger partial charge in [-0.2, -0.15) is 0 Å². The molecule has 0 fully saturated rings. The number of para-hydroxylation sites is 2. The highest BCUT2D eigenvalue weighted by Crippen LogP contribution is 2.21. The number of benzene rings is 2.